The highest BCUT2D eigenvalue weighted by molar-refractivity contribution is 7.90. The molecular weight excluding hydrogens is 199 g/mol. The molecule has 4 nitrogen and oxygen atoms in total. The summed E-state index contributed by atoms with van der Waals surface area (Å²) in [7, 11) is -3.95. The van der Waals surface area contributed by atoms with Gasteiger partial charge in [0.2, 0.25) is 0 Å². The van der Waals surface area contributed by atoms with Gasteiger partial charge in [-0.05, 0) is 0 Å². The van der Waals surface area contributed by atoms with Crippen LogP contribution in [-0.4, -0.2) is 34.2 Å². The van der Waals surface area contributed by atoms with E-state index in [9.17, 15) is 21.6 Å². The van der Waals surface area contributed by atoms with Gasteiger partial charge in [-0.1, -0.05) is 0 Å². The highest BCUT2D eigenvalue weighted by atomic mass is 32.2. The average Bonchev–Trinajstić information content (AvgIpc) is 1.85. The summed E-state index contributed by atoms with van der Waals surface area (Å²) >= 11 is 0. The predicted octanol–water partition coefficient (Wildman–Crippen LogP) is 0.0720. The van der Waals surface area contributed by atoms with E-state index in [2.05, 4.69) is 4.74 Å². The molecule has 0 saturated heterocycles. The number of rotatable bonds is 4. The van der Waals surface area contributed by atoms with Crippen molar-refractivity contribution in [2.75, 3.05) is 20.3 Å². The molecule has 1 N–H and O–H groups in total. The second-order valence-electron chi connectivity index (χ2n) is 1.84. The van der Waals surface area contributed by atoms with Gasteiger partial charge in [0.1, 0.15) is 0 Å². The van der Waals surface area contributed by atoms with Crippen LogP contribution in [-0.2, 0) is 14.8 Å². The lowest BCUT2D eigenvalue weighted by Gasteiger charge is -2.08. The van der Waals surface area contributed by atoms with Gasteiger partial charge in [-0.25, -0.2) is 13.1 Å². The summed E-state index contributed by atoms with van der Waals surface area (Å²) in [5.74, 6) is 0. The molecular formula is C4H8F3NO3S. The van der Waals surface area contributed by atoms with E-state index in [4.69, 9.17) is 0 Å². The number of sulfonamides is 1. The Bertz CT molecular complexity index is 222. The lowest BCUT2D eigenvalue weighted by atomic mass is 10.7. The van der Waals surface area contributed by atoms with Crippen molar-refractivity contribution in [2.24, 2.45) is 0 Å². The van der Waals surface area contributed by atoms with Crippen molar-refractivity contribution >= 4 is 10.0 Å². The molecule has 12 heavy (non-hydrogen) atoms. The normalized spacial score (nSPS) is 13.3. The smallest absolute Gasteiger partial charge is 0.383 e. The number of hydrogen-bond donors (Lipinski definition) is 1. The molecule has 0 radical (unpaired) electrons. The summed E-state index contributed by atoms with van der Waals surface area (Å²) in [4.78, 5) is 0. The molecule has 0 aliphatic rings. The molecule has 0 aromatic heterocycles. The molecule has 74 valence electrons. The van der Waals surface area contributed by atoms with Crippen molar-refractivity contribution in [1.29, 1.82) is 0 Å². The number of hydrogen-bond acceptors (Lipinski definition) is 3. The molecule has 0 saturated carbocycles. The van der Waals surface area contributed by atoms with E-state index >= 15 is 0 Å². The summed E-state index contributed by atoms with van der Waals surface area (Å²) in [5.41, 5.74) is -5.25. The fourth-order valence-electron chi connectivity index (χ4n) is 0.360. The molecule has 0 heterocycles. The van der Waals surface area contributed by atoms with Crippen LogP contribution in [0.5, 0.6) is 0 Å². The molecule has 0 aromatic rings. The van der Waals surface area contributed by atoms with Crippen LogP contribution >= 0.6 is 0 Å². The maximum atomic E-state index is 11.6. The standard InChI is InChI=1S/C4H8F3NO3S/c1-11-3-2-8-12(9,10)4(5,6)7/h8H,2-3H2,1H3. The first-order valence-corrected chi connectivity index (χ1v) is 4.34. The van der Waals surface area contributed by atoms with Crippen molar-refractivity contribution in [1.82, 2.24) is 4.72 Å². The van der Waals surface area contributed by atoms with E-state index in [0.29, 0.717) is 0 Å². The average molecular weight is 207 g/mol. The SMILES string of the molecule is COCCNS(=O)(=O)C(F)(F)F. The van der Waals surface area contributed by atoms with Crippen LogP contribution in [0.15, 0.2) is 0 Å². The predicted molar refractivity (Wildman–Crippen MR) is 34.9 cm³/mol. The maximum Gasteiger partial charge on any atom is 0.511 e. The third-order valence-electron chi connectivity index (χ3n) is 0.903. The monoisotopic (exact) mass is 207 g/mol. The van der Waals surface area contributed by atoms with E-state index in [0.717, 1.165) is 0 Å². The minimum absolute atomic E-state index is 0.102. The van der Waals surface area contributed by atoms with Gasteiger partial charge in [-0.3, -0.25) is 0 Å². The molecule has 0 bridgehead atoms. The molecule has 0 unspecified atom stereocenters. The van der Waals surface area contributed by atoms with Gasteiger partial charge in [0, 0.05) is 13.7 Å². The third-order valence-corrected chi connectivity index (χ3v) is 2.10. The van der Waals surface area contributed by atoms with Crippen molar-refractivity contribution in [3.8, 4) is 0 Å². The van der Waals surface area contributed by atoms with Crippen LogP contribution < -0.4 is 4.72 Å². The summed E-state index contributed by atoms with van der Waals surface area (Å²) in [6.07, 6.45) is 0. The zero-order valence-electron chi connectivity index (χ0n) is 6.18. The van der Waals surface area contributed by atoms with Crippen LogP contribution in [0, 0.1) is 0 Å². The molecule has 0 aromatic carbocycles. The van der Waals surface area contributed by atoms with Crippen molar-refractivity contribution in [3.05, 3.63) is 0 Å². The Kier molecular flexibility index (Phi) is 3.94. The van der Waals surface area contributed by atoms with Gasteiger partial charge in [-0.15, -0.1) is 0 Å². The Labute approximate surface area is 67.8 Å². The first kappa shape index (κ1) is 11.7. The molecule has 0 aliphatic heterocycles. The summed E-state index contributed by atoms with van der Waals surface area (Å²) in [5, 5.41) is 0. The molecule has 0 aliphatic carbocycles. The van der Waals surface area contributed by atoms with Gasteiger partial charge in [0.15, 0.2) is 0 Å². The highest BCUT2D eigenvalue weighted by Crippen LogP contribution is 2.20. The molecule has 0 rings (SSSR count). The lowest BCUT2D eigenvalue weighted by molar-refractivity contribution is -0.0448. The maximum absolute atomic E-state index is 11.6. The molecule has 0 spiro atoms. The Morgan fingerprint density at radius 3 is 2.25 bits per heavy atom. The number of alkyl halides is 3. The van der Waals surface area contributed by atoms with Crippen molar-refractivity contribution < 1.29 is 26.3 Å². The van der Waals surface area contributed by atoms with E-state index in [-0.39, 0.29) is 6.61 Å². The zero-order chi connectivity index (χ0) is 9.83. The first-order valence-electron chi connectivity index (χ1n) is 2.86. The van der Waals surface area contributed by atoms with E-state index in [1.54, 1.807) is 0 Å². The van der Waals surface area contributed by atoms with Crippen molar-refractivity contribution in [3.63, 3.8) is 0 Å². The summed E-state index contributed by atoms with van der Waals surface area (Å²) in [6, 6.07) is 0. The van der Waals surface area contributed by atoms with Gasteiger partial charge in [0.05, 0.1) is 6.61 Å². The van der Waals surface area contributed by atoms with Gasteiger partial charge in [0.25, 0.3) is 0 Å². The second-order valence-corrected chi connectivity index (χ2v) is 3.59. The minimum atomic E-state index is -5.25. The minimum Gasteiger partial charge on any atom is -0.383 e. The Morgan fingerprint density at radius 1 is 1.42 bits per heavy atom. The third kappa shape index (κ3) is 3.37. The summed E-state index contributed by atoms with van der Waals surface area (Å²) in [6.45, 7) is -0.492. The van der Waals surface area contributed by atoms with Gasteiger partial charge < -0.3 is 4.74 Å². The number of methoxy groups -OCH3 is 1. The largest absolute Gasteiger partial charge is 0.511 e. The number of ether oxygens (including phenoxy) is 1. The van der Waals surface area contributed by atoms with E-state index in [1.165, 1.54) is 11.8 Å². The van der Waals surface area contributed by atoms with E-state index in [1.807, 2.05) is 0 Å². The van der Waals surface area contributed by atoms with Crippen molar-refractivity contribution in [2.45, 2.75) is 5.51 Å². The Morgan fingerprint density at radius 2 is 1.92 bits per heavy atom. The van der Waals surface area contributed by atoms with Crippen LogP contribution in [0.2, 0.25) is 0 Å². The van der Waals surface area contributed by atoms with E-state index < -0.39 is 22.1 Å². The topological polar surface area (TPSA) is 55.4 Å². The van der Waals surface area contributed by atoms with Crippen LogP contribution in [0.25, 0.3) is 0 Å². The van der Waals surface area contributed by atoms with Gasteiger partial charge >= 0.3 is 15.5 Å². The van der Waals surface area contributed by atoms with Crippen LogP contribution in [0.4, 0.5) is 13.2 Å². The fraction of sp³-hybridized carbons (Fsp3) is 1.00. The first-order chi connectivity index (χ1) is 5.31. The molecule has 0 atom stereocenters. The quantitative estimate of drug-likeness (QED) is 0.664. The summed E-state index contributed by atoms with van der Waals surface area (Å²) < 4.78 is 60.9. The zero-order valence-corrected chi connectivity index (χ0v) is 7.00. The molecule has 0 fully saturated rings. The van der Waals surface area contributed by atoms with Crippen LogP contribution in [0.3, 0.4) is 0 Å². The Balaban J connectivity index is 4.08. The molecule has 0 amide bonds. The fourth-order valence-corrected chi connectivity index (χ4v) is 0.876. The Hall–Kier alpha value is -0.340. The molecule has 8 heteroatoms. The van der Waals surface area contributed by atoms with Gasteiger partial charge in [-0.2, -0.15) is 13.2 Å². The highest BCUT2D eigenvalue weighted by Gasteiger charge is 2.45. The lowest BCUT2D eigenvalue weighted by Crippen LogP contribution is -2.38. The second kappa shape index (κ2) is 4.06. The number of nitrogens with one attached hydrogen (secondary N) is 1. The number of halogens is 3. The van der Waals surface area contributed by atoms with Crippen LogP contribution in [0.1, 0.15) is 0 Å².